The quantitative estimate of drug-likeness (QED) is 0.791. The average Bonchev–Trinajstić information content (AvgIpc) is 2.18. The second-order valence-electron chi connectivity index (χ2n) is 4.97. The number of rotatable bonds is 5. The van der Waals surface area contributed by atoms with Gasteiger partial charge in [0.25, 0.3) is 0 Å². The highest BCUT2D eigenvalue weighted by atomic mass is 32.2. The maximum absolute atomic E-state index is 5.82. The van der Waals surface area contributed by atoms with E-state index in [4.69, 9.17) is 5.73 Å². The number of benzene rings is 1. The second kappa shape index (κ2) is 6.31. The van der Waals surface area contributed by atoms with Crippen LogP contribution in [0.4, 0.5) is 0 Å². The summed E-state index contributed by atoms with van der Waals surface area (Å²) in [6.45, 7) is 8.74. The maximum atomic E-state index is 5.82. The van der Waals surface area contributed by atoms with Crippen molar-refractivity contribution >= 4 is 11.8 Å². The minimum absolute atomic E-state index is 0.243. The normalized spacial score (nSPS) is 13.1. The van der Waals surface area contributed by atoms with Crippen LogP contribution in [0.25, 0.3) is 0 Å². The molecule has 1 rings (SSSR count). The Kier molecular flexibility index (Phi) is 5.36. The van der Waals surface area contributed by atoms with Gasteiger partial charge in [-0.05, 0) is 49.4 Å². The van der Waals surface area contributed by atoms with Crippen molar-refractivity contribution in [3.63, 3.8) is 0 Å². The Morgan fingerprint density at radius 1 is 1.25 bits per heavy atom. The molecule has 0 bridgehead atoms. The summed E-state index contributed by atoms with van der Waals surface area (Å²) in [7, 11) is 0. The van der Waals surface area contributed by atoms with E-state index in [1.807, 2.05) is 11.8 Å². The van der Waals surface area contributed by atoms with Gasteiger partial charge in [0.1, 0.15) is 0 Å². The lowest BCUT2D eigenvalue weighted by Crippen LogP contribution is -2.18. The van der Waals surface area contributed by atoms with Crippen molar-refractivity contribution in [2.75, 3.05) is 5.75 Å². The van der Waals surface area contributed by atoms with Gasteiger partial charge in [-0.2, -0.15) is 0 Å². The molecule has 0 aliphatic heterocycles. The van der Waals surface area contributed by atoms with Gasteiger partial charge in [0, 0.05) is 16.7 Å². The predicted molar refractivity (Wildman–Crippen MR) is 74.1 cm³/mol. The van der Waals surface area contributed by atoms with Crippen molar-refractivity contribution in [3.05, 3.63) is 29.3 Å². The number of aryl methyl sites for hydroxylation is 1. The summed E-state index contributed by atoms with van der Waals surface area (Å²) in [5, 5.41) is 0. The number of thioether (sulfide) groups is 1. The molecule has 0 fully saturated rings. The Hall–Kier alpha value is -0.470. The van der Waals surface area contributed by atoms with Gasteiger partial charge in [0.05, 0.1) is 0 Å². The van der Waals surface area contributed by atoms with E-state index < -0.39 is 0 Å². The van der Waals surface area contributed by atoms with E-state index in [1.165, 1.54) is 21.8 Å². The Bertz CT molecular complexity index is 332. The molecule has 16 heavy (non-hydrogen) atoms. The Balaban J connectivity index is 2.67. The van der Waals surface area contributed by atoms with E-state index in [-0.39, 0.29) is 6.04 Å². The summed E-state index contributed by atoms with van der Waals surface area (Å²) in [6.07, 6.45) is 0.973. The molecule has 1 unspecified atom stereocenters. The Morgan fingerprint density at radius 3 is 2.44 bits per heavy atom. The molecule has 0 radical (unpaired) electrons. The Morgan fingerprint density at radius 2 is 1.94 bits per heavy atom. The summed E-state index contributed by atoms with van der Waals surface area (Å²) in [6, 6.07) is 6.97. The highest BCUT2D eigenvalue weighted by molar-refractivity contribution is 7.99. The molecule has 2 N–H and O–H groups in total. The van der Waals surface area contributed by atoms with Crippen molar-refractivity contribution in [1.82, 2.24) is 0 Å². The summed E-state index contributed by atoms with van der Waals surface area (Å²) >= 11 is 1.94. The molecular formula is C14H23NS. The molecule has 1 atom stereocenters. The molecule has 1 aromatic carbocycles. The molecule has 0 spiro atoms. The molecule has 0 aliphatic carbocycles. The second-order valence-corrected chi connectivity index (χ2v) is 6.07. The summed E-state index contributed by atoms with van der Waals surface area (Å²) in [4.78, 5) is 1.37. The van der Waals surface area contributed by atoms with Crippen LogP contribution < -0.4 is 5.73 Å². The van der Waals surface area contributed by atoms with E-state index in [2.05, 4.69) is 45.9 Å². The van der Waals surface area contributed by atoms with Gasteiger partial charge in [-0.1, -0.05) is 19.9 Å². The van der Waals surface area contributed by atoms with Gasteiger partial charge in [-0.15, -0.1) is 11.8 Å². The van der Waals surface area contributed by atoms with Crippen molar-refractivity contribution in [2.45, 2.75) is 45.1 Å². The van der Waals surface area contributed by atoms with Crippen molar-refractivity contribution in [2.24, 2.45) is 11.7 Å². The predicted octanol–water partition coefficient (Wildman–Crippen LogP) is 3.63. The molecule has 1 aromatic rings. The van der Waals surface area contributed by atoms with Crippen LogP contribution in [0.2, 0.25) is 0 Å². The van der Waals surface area contributed by atoms with Gasteiger partial charge in [-0.25, -0.2) is 0 Å². The minimum Gasteiger partial charge on any atom is -0.328 e. The third-order valence-corrected chi connectivity index (χ3v) is 3.86. The fourth-order valence-corrected chi connectivity index (χ4v) is 2.55. The van der Waals surface area contributed by atoms with Crippen molar-refractivity contribution < 1.29 is 0 Å². The highest BCUT2D eigenvalue weighted by Gasteiger charge is 2.04. The zero-order valence-corrected chi connectivity index (χ0v) is 11.6. The molecule has 0 aromatic heterocycles. The molecule has 1 nitrogen and oxygen atoms in total. The molecule has 0 amide bonds. The fourth-order valence-electron chi connectivity index (χ4n) is 1.60. The lowest BCUT2D eigenvalue weighted by molar-refractivity contribution is 0.734. The zero-order valence-electron chi connectivity index (χ0n) is 10.8. The van der Waals surface area contributed by atoms with E-state index in [9.17, 15) is 0 Å². The van der Waals surface area contributed by atoms with Crippen LogP contribution in [0.5, 0.6) is 0 Å². The van der Waals surface area contributed by atoms with E-state index >= 15 is 0 Å². The highest BCUT2D eigenvalue weighted by Crippen LogP contribution is 2.23. The van der Waals surface area contributed by atoms with E-state index in [0.717, 1.165) is 12.3 Å². The Labute approximate surface area is 104 Å². The van der Waals surface area contributed by atoms with Gasteiger partial charge >= 0.3 is 0 Å². The van der Waals surface area contributed by atoms with E-state index in [1.54, 1.807) is 0 Å². The lowest BCUT2D eigenvalue weighted by atomic mass is 10.0. The lowest BCUT2D eigenvalue weighted by Gasteiger charge is -2.11. The van der Waals surface area contributed by atoms with E-state index in [0.29, 0.717) is 0 Å². The van der Waals surface area contributed by atoms with Crippen LogP contribution in [-0.4, -0.2) is 11.8 Å². The molecule has 0 aliphatic rings. The van der Waals surface area contributed by atoms with Crippen LogP contribution in [0.15, 0.2) is 23.1 Å². The van der Waals surface area contributed by atoms with Crippen molar-refractivity contribution in [1.29, 1.82) is 0 Å². The monoisotopic (exact) mass is 237 g/mol. The molecular weight excluding hydrogens is 214 g/mol. The molecule has 0 saturated heterocycles. The first kappa shape index (κ1) is 13.6. The standard InChI is InChI=1S/C14H23NS/c1-10(2)9-16-14-6-5-13(8-12(4)15)11(3)7-14/h5-7,10,12H,8-9,15H2,1-4H3. The number of nitrogens with two attached hydrogens (primary N) is 1. The molecule has 2 heteroatoms. The molecule has 90 valence electrons. The largest absolute Gasteiger partial charge is 0.328 e. The van der Waals surface area contributed by atoms with Crippen molar-refractivity contribution in [3.8, 4) is 0 Å². The van der Waals surface area contributed by atoms with Crippen LogP contribution in [0.1, 0.15) is 31.9 Å². The van der Waals surface area contributed by atoms with Gasteiger partial charge in [0.2, 0.25) is 0 Å². The topological polar surface area (TPSA) is 26.0 Å². The first-order chi connectivity index (χ1) is 7.49. The first-order valence-corrected chi connectivity index (χ1v) is 6.95. The van der Waals surface area contributed by atoms with Crippen LogP contribution in [0, 0.1) is 12.8 Å². The summed E-state index contributed by atoms with van der Waals surface area (Å²) in [5.74, 6) is 1.93. The smallest absolute Gasteiger partial charge is 0.00748 e. The van der Waals surface area contributed by atoms with Gasteiger partial charge in [-0.3, -0.25) is 0 Å². The van der Waals surface area contributed by atoms with Crippen LogP contribution >= 0.6 is 11.8 Å². The summed E-state index contributed by atoms with van der Waals surface area (Å²) < 4.78 is 0. The fraction of sp³-hybridized carbons (Fsp3) is 0.571. The number of hydrogen-bond donors (Lipinski definition) is 1. The minimum atomic E-state index is 0.243. The zero-order chi connectivity index (χ0) is 12.1. The third kappa shape index (κ3) is 4.58. The van der Waals surface area contributed by atoms with Gasteiger partial charge < -0.3 is 5.73 Å². The SMILES string of the molecule is Cc1cc(SCC(C)C)ccc1CC(C)N. The average molecular weight is 237 g/mol. The maximum Gasteiger partial charge on any atom is 0.00748 e. The summed E-state index contributed by atoms with van der Waals surface area (Å²) in [5.41, 5.74) is 8.57. The van der Waals surface area contributed by atoms with Crippen LogP contribution in [-0.2, 0) is 6.42 Å². The van der Waals surface area contributed by atoms with Crippen LogP contribution in [0.3, 0.4) is 0 Å². The first-order valence-electron chi connectivity index (χ1n) is 5.97. The molecule has 0 heterocycles. The number of hydrogen-bond acceptors (Lipinski definition) is 2. The third-order valence-electron chi connectivity index (χ3n) is 2.44. The van der Waals surface area contributed by atoms with Gasteiger partial charge in [0.15, 0.2) is 0 Å². The molecule has 0 saturated carbocycles.